The number of nitrogens with zero attached hydrogens (tertiary/aromatic N) is 2. The lowest BCUT2D eigenvalue weighted by molar-refractivity contribution is -0.113. The molecule has 0 unspecified atom stereocenters. The number of hydrogen-bond donors (Lipinski definition) is 1. The van der Waals surface area contributed by atoms with E-state index in [0.29, 0.717) is 6.42 Å². The number of urea groups is 1. The van der Waals surface area contributed by atoms with Crippen LogP contribution in [0, 0.1) is 13.8 Å². The van der Waals surface area contributed by atoms with Crippen molar-refractivity contribution in [1.82, 2.24) is 9.88 Å². The Kier molecular flexibility index (Phi) is 4.83. The van der Waals surface area contributed by atoms with Gasteiger partial charge in [-0.15, -0.1) is 0 Å². The fourth-order valence-corrected chi connectivity index (χ4v) is 3.27. The third-order valence-corrected chi connectivity index (χ3v) is 4.63. The van der Waals surface area contributed by atoms with Crippen LogP contribution in [-0.4, -0.2) is 22.2 Å². The van der Waals surface area contributed by atoms with Gasteiger partial charge in [0.05, 0.1) is 0 Å². The number of carbonyl (C=O) groups excluding carboxylic acids is 2. The highest BCUT2D eigenvalue weighted by atomic mass is 16.2. The average molecular weight is 337 g/mol. The third-order valence-electron chi connectivity index (χ3n) is 4.63. The van der Waals surface area contributed by atoms with Crippen molar-refractivity contribution < 1.29 is 9.59 Å². The van der Waals surface area contributed by atoms with Crippen LogP contribution in [0.25, 0.3) is 5.69 Å². The Morgan fingerprint density at radius 3 is 2.44 bits per heavy atom. The van der Waals surface area contributed by atoms with Crippen molar-refractivity contribution in [3.8, 4) is 5.69 Å². The van der Waals surface area contributed by atoms with Gasteiger partial charge >= 0.3 is 6.03 Å². The molecule has 2 aromatic rings. The summed E-state index contributed by atoms with van der Waals surface area (Å²) in [6.45, 7) is 6.27. The monoisotopic (exact) mass is 337 g/mol. The number of nitrogens with one attached hydrogen (secondary N) is 1. The zero-order valence-electron chi connectivity index (χ0n) is 14.9. The summed E-state index contributed by atoms with van der Waals surface area (Å²) in [6, 6.07) is 10.1. The number of carbonyl (C=O) groups is 2. The minimum absolute atomic E-state index is 0.278. The highest BCUT2D eigenvalue weighted by molar-refractivity contribution is 6.46. The second kappa shape index (κ2) is 7.05. The van der Waals surface area contributed by atoms with Gasteiger partial charge in [-0.3, -0.25) is 10.1 Å². The molecule has 3 amide bonds. The summed E-state index contributed by atoms with van der Waals surface area (Å²) in [5, 5.41) is 2.19. The number of imide groups is 1. The average Bonchev–Trinajstić information content (AvgIpc) is 3.04. The van der Waals surface area contributed by atoms with Crippen LogP contribution in [0.4, 0.5) is 4.79 Å². The van der Waals surface area contributed by atoms with Crippen LogP contribution >= 0.6 is 0 Å². The maximum atomic E-state index is 11.7. The van der Waals surface area contributed by atoms with Gasteiger partial charge in [-0.2, -0.15) is 4.99 Å². The van der Waals surface area contributed by atoms with Gasteiger partial charge < -0.3 is 4.57 Å². The molecule has 1 N–H and O–H groups in total. The number of amides is 3. The second-order valence-electron chi connectivity index (χ2n) is 6.50. The number of aliphatic imine (C=N–C) groups is 1. The Labute approximate surface area is 147 Å². The van der Waals surface area contributed by atoms with E-state index in [1.54, 1.807) is 0 Å². The maximum Gasteiger partial charge on any atom is 0.348 e. The van der Waals surface area contributed by atoms with Gasteiger partial charge in [0, 0.05) is 23.5 Å². The molecule has 0 radical (unpaired) electrons. The molecule has 25 heavy (non-hydrogen) atoms. The number of unbranched alkanes of at least 4 members (excludes halogenated alkanes) is 1. The van der Waals surface area contributed by atoms with Crippen molar-refractivity contribution in [2.75, 3.05) is 0 Å². The Balaban J connectivity index is 1.86. The van der Waals surface area contributed by atoms with Crippen LogP contribution in [0.3, 0.4) is 0 Å². The molecular formula is C20H23N3O2. The quantitative estimate of drug-likeness (QED) is 0.874. The van der Waals surface area contributed by atoms with Gasteiger partial charge in [-0.25, -0.2) is 4.79 Å². The summed E-state index contributed by atoms with van der Waals surface area (Å²) in [4.78, 5) is 26.7. The molecule has 3 rings (SSSR count). The molecule has 130 valence electrons. The molecule has 0 fully saturated rings. The minimum atomic E-state index is -0.573. The van der Waals surface area contributed by atoms with E-state index < -0.39 is 11.9 Å². The van der Waals surface area contributed by atoms with Crippen LogP contribution in [-0.2, 0) is 17.6 Å². The lowest BCUT2D eigenvalue weighted by Crippen LogP contribution is -2.26. The largest absolute Gasteiger partial charge is 0.348 e. The predicted octanol–water partition coefficient (Wildman–Crippen LogP) is 3.67. The molecular weight excluding hydrogens is 314 g/mol. The molecule has 1 aromatic carbocycles. The van der Waals surface area contributed by atoms with Crippen LogP contribution in [0.15, 0.2) is 35.3 Å². The number of rotatable bonds is 6. The maximum absolute atomic E-state index is 11.7. The van der Waals surface area contributed by atoms with Crippen LogP contribution in [0.5, 0.6) is 0 Å². The topological polar surface area (TPSA) is 63.5 Å². The molecule has 0 saturated heterocycles. The lowest BCUT2D eigenvalue weighted by atomic mass is 10.1. The van der Waals surface area contributed by atoms with Gasteiger partial charge in [0.1, 0.15) is 5.71 Å². The molecule has 0 spiro atoms. The van der Waals surface area contributed by atoms with Crippen LogP contribution in [0.2, 0.25) is 0 Å². The van der Waals surface area contributed by atoms with Crippen LogP contribution in [0.1, 0.15) is 42.3 Å². The first-order valence-electron chi connectivity index (χ1n) is 8.69. The lowest BCUT2D eigenvalue weighted by Gasteiger charge is -2.11. The molecule has 2 heterocycles. The van der Waals surface area contributed by atoms with Crippen molar-refractivity contribution in [1.29, 1.82) is 0 Å². The fraction of sp³-hybridized carbons (Fsp3) is 0.350. The SMILES string of the molecule is CCCCc1ccc(-n2c(C)cc(CC3=NC(=O)NC3=O)c2C)cc1. The number of benzene rings is 1. The molecule has 1 aromatic heterocycles. The van der Waals surface area contributed by atoms with Crippen molar-refractivity contribution in [3.63, 3.8) is 0 Å². The van der Waals surface area contributed by atoms with Crippen molar-refractivity contribution in [3.05, 3.63) is 52.8 Å². The summed E-state index contributed by atoms with van der Waals surface area (Å²) in [5.41, 5.74) is 5.91. The summed E-state index contributed by atoms with van der Waals surface area (Å²) >= 11 is 0. The molecule has 5 nitrogen and oxygen atoms in total. The first-order valence-corrected chi connectivity index (χ1v) is 8.69. The van der Waals surface area contributed by atoms with Crippen LogP contribution < -0.4 is 5.32 Å². The summed E-state index contributed by atoms with van der Waals surface area (Å²) < 4.78 is 2.17. The molecule has 0 bridgehead atoms. The van der Waals surface area contributed by atoms with Crippen molar-refractivity contribution in [2.24, 2.45) is 4.99 Å². The normalized spacial score (nSPS) is 14.0. The van der Waals surface area contributed by atoms with Gasteiger partial charge in [-0.1, -0.05) is 25.5 Å². The smallest absolute Gasteiger partial charge is 0.318 e. The van der Waals surface area contributed by atoms with Gasteiger partial charge in [0.2, 0.25) is 0 Å². The summed E-state index contributed by atoms with van der Waals surface area (Å²) in [6.07, 6.45) is 3.87. The first-order chi connectivity index (χ1) is 12.0. The highest BCUT2D eigenvalue weighted by Gasteiger charge is 2.24. The molecule has 0 atom stereocenters. The molecule has 0 saturated carbocycles. The van der Waals surface area contributed by atoms with E-state index in [1.807, 2.05) is 13.8 Å². The van der Waals surface area contributed by atoms with E-state index in [4.69, 9.17) is 0 Å². The Bertz CT molecular complexity index is 845. The molecule has 0 aliphatic carbocycles. The Hall–Kier alpha value is -2.69. The van der Waals surface area contributed by atoms with Crippen molar-refractivity contribution in [2.45, 2.75) is 46.5 Å². The summed E-state index contributed by atoms with van der Waals surface area (Å²) in [7, 11) is 0. The van der Waals surface area contributed by atoms with Gasteiger partial charge in [0.25, 0.3) is 5.91 Å². The first kappa shape index (κ1) is 17.1. The van der Waals surface area contributed by atoms with Crippen molar-refractivity contribution >= 4 is 17.6 Å². The Morgan fingerprint density at radius 1 is 1.12 bits per heavy atom. The van der Waals surface area contributed by atoms with E-state index in [9.17, 15) is 9.59 Å². The molecule has 1 aliphatic rings. The zero-order valence-corrected chi connectivity index (χ0v) is 14.9. The van der Waals surface area contributed by atoms with E-state index >= 15 is 0 Å². The zero-order chi connectivity index (χ0) is 18.0. The minimum Gasteiger partial charge on any atom is -0.318 e. The van der Waals surface area contributed by atoms with E-state index in [0.717, 1.165) is 29.1 Å². The Morgan fingerprint density at radius 2 is 1.84 bits per heavy atom. The molecule has 1 aliphatic heterocycles. The van der Waals surface area contributed by atoms with E-state index in [2.05, 4.69) is 52.1 Å². The highest BCUT2D eigenvalue weighted by Crippen LogP contribution is 2.22. The second-order valence-corrected chi connectivity index (χ2v) is 6.50. The number of aromatic nitrogens is 1. The number of aryl methyl sites for hydroxylation is 2. The number of hydrogen-bond acceptors (Lipinski definition) is 2. The summed E-state index contributed by atoms with van der Waals surface area (Å²) in [5.74, 6) is -0.393. The third kappa shape index (κ3) is 3.55. The standard InChI is InChI=1S/C20H23N3O2/c1-4-5-6-15-7-9-17(10-8-15)23-13(2)11-16(14(23)3)12-18-19(24)22-20(25)21-18/h7-11H,4-6,12H2,1-3H3,(H,22,24,25). The predicted molar refractivity (Wildman–Crippen MR) is 98.5 cm³/mol. The molecule has 5 heteroatoms. The fourth-order valence-electron chi connectivity index (χ4n) is 3.27. The van der Waals surface area contributed by atoms with Gasteiger partial charge in [-0.05, 0) is 56.0 Å². The van der Waals surface area contributed by atoms with Gasteiger partial charge in [0.15, 0.2) is 0 Å². The van der Waals surface area contributed by atoms with E-state index in [-0.39, 0.29) is 5.71 Å². The van der Waals surface area contributed by atoms with E-state index in [1.165, 1.54) is 18.4 Å².